The smallest absolute Gasteiger partial charge is 0.168 e. The van der Waals surface area contributed by atoms with Gasteiger partial charge < -0.3 is 14.4 Å². The van der Waals surface area contributed by atoms with Crippen molar-refractivity contribution in [2.75, 3.05) is 26.8 Å². The van der Waals surface area contributed by atoms with Crippen LogP contribution in [0.4, 0.5) is 0 Å². The highest BCUT2D eigenvalue weighted by atomic mass is 16.7. The van der Waals surface area contributed by atoms with Gasteiger partial charge in [0.1, 0.15) is 0 Å². The molecule has 3 rings (SSSR count). The third-order valence-electron chi connectivity index (χ3n) is 4.40. The highest BCUT2D eigenvalue weighted by molar-refractivity contribution is 4.93. The van der Waals surface area contributed by atoms with Crippen LogP contribution in [0.15, 0.2) is 0 Å². The lowest BCUT2D eigenvalue weighted by Gasteiger charge is -2.47. The molecule has 0 aromatic carbocycles. The second-order valence-corrected chi connectivity index (χ2v) is 5.30. The molecule has 1 aliphatic carbocycles. The first-order valence-corrected chi connectivity index (χ1v) is 6.27. The number of piperidine rings is 1. The second kappa shape index (κ2) is 3.72. The summed E-state index contributed by atoms with van der Waals surface area (Å²) in [5.41, 5.74) is 0. The molecule has 2 atom stereocenters. The summed E-state index contributed by atoms with van der Waals surface area (Å²) >= 11 is 0. The summed E-state index contributed by atoms with van der Waals surface area (Å²) in [5, 5.41) is 0. The highest BCUT2D eigenvalue weighted by Crippen LogP contribution is 2.43. The largest absolute Gasteiger partial charge is 0.348 e. The highest BCUT2D eigenvalue weighted by Gasteiger charge is 2.46. The zero-order valence-corrected chi connectivity index (χ0v) is 9.58. The van der Waals surface area contributed by atoms with E-state index >= 15 is 0 Å². The summed E-state index contributed by atoms with van der Waals surface area (Å²) in [4.78, 5) is 2.54. The molecular formula is C12H21NO2. The van der Waals surface area contributed by atoms with Crippen LogP contribution in [0.2, 0.25) is 0 Å². The predicted octanol–water partition coefficient (Wildman–Crippen LogP) is 1.62. The van der Waals surface area contributed by atoms with Crippen LogP contribution in [0.1, 0.15) is 32.1 Å². The third-order valence-corrected chi connectivity index (χ3v) is 4.40. The number of hydrogen-bond donors (Lipinski definition) is 0. The van der Waals surface area contributed by atoms with E-state index in [1.54, 1.807) is 0 Å². The molecule has 2 heterocycles. The number of hydrogen-bond acceptors (Lipinski definition) is 3. The van der Waals surface area contributed by atoms with Crippen molar-refractivity contribution < 1.29 is 9.47 Å². The van der Waals surface area contributed by atoms with Crippen molar-refractivity contribution in [2.45, 2.75) is 43.9 Å². The van der Waals surface area contributed by atoms with Gasteiger partial charge in [-0.2, -0.15) is 0 Å². The molecule has 0 N–H and O–H groups in total. The van der Waals surface area contributed by atoms with Crippen LogP contribution in [-0.4, -0.2) is 43.5 Å². The van der Waals surface area contributed by atoms with Crippen molar-refractivity contribution >= 4 is 0 Å². The second-order valence-electron chi connectivity index (χ2n) is 5.30. The summed E-state index contributed by atoms with van der Waals surface area (Å²) in [6.45, 7) is 2.87. The van der Waals surface area contributed by atoms with Gasteiger partial charge in [0, 0.05) is 18.9 Å². The van der Waals surface area contributed by atoms with Crippen LogP contribution < -0.4 is 0 Å². The minimum Gasteiger partial charge on any atom is -0.348 e. The van der Waals surface area contributed by atoms with Crippen molar-refractivity contribution in [2.24, 2.45) is 5.92 Å². The molecule has 0 aromatic rings. The SMILES string of the molecule is CN1CCC[C@@H]2CC3(CCC21)OCCO3. The Morgan fingerprint density at radius 2 is 2.00 bits per heavy atom. The monoisotopic (exact) mass is 211 g/mol. The number of ether oxygens (including phenoxy) is 2. The molecule has 0 radical (unpaired) electrons. The number of fused-ring (bicyclic) bond motifs is 1. The molecule has 3 nitrogen and oxygen atoms in total. The van der Waals surface area contributed by atoms with Crippen LogP contribution in [0.5, 0.6) is 0 Å². The van der Waals surface area contributed by atoms with Gasteiger partial charge in [-0.25, -0.2) is 0 Å². The van der Waals surface area contributed by atoms with E-state index in [2.05, 4.69) is 11.9 Å². The number of likely N-dealkylation sites (tertiary alicyclic amines) is 1. The average molecular weight is 211 g/mol. The van der Waals surface area contributed by atoms with E-state index in [1.165, 1.54) is 25.8 Å². The maximum Gasteiger partial charge on any atom is 0.168 e. The molecular weight excluding hydrogens is 190 g/mol. The van der Waals surface area contributed by atoms with E-state index in [0.29, 0.717) is 0 Å². The first kappa shape index (κ1) is 10.1. The zero-order chi connectivity index (χ0) is 10.3. The number of nitrogens with zero attached hydrogens (tertiary/aromatic N) is 1. The first-order chi connectivity index (χ1) is 7.29. The average Bonchev–Trinajstić information content (AvgIpc) is 2.66. The molecule has 1 unspecified atom stereocenters. The topological polar surface area (TPSA) is 21.7 Å². The standard InChI is InChI=1S/C12H21NO2/c1-13-6-2-3-10-9-12(5-4-11(10)13)14-7-8-15-12/h10-11H,2-9H2,1H3/t10-,11?/m1/s1. The van der Waals surface area contributed by atoms with Crippen molar-refractivity contribution in [3.05, 3.63) is 0 Å². The fourth-order valence-electron chi connectivity index (χ4n) is 3.64. The molecule has 2 saturated heterocycles. The van der Waals surface area contributed by atoms with Gasteiger partial charge in [0.25, 0.3) is 0 Å². The van der Waals surface area contributed by atoms with Crippen LogP contribution >= 0.6 is 0 Å². The maximum absolute atomic E-state index is 5.82. The molecule has 1 spiro atoms. The number of rotatable bonds is 0. The summed E-state index contributed by atoms with van der Waals surface area (Å²) in [5.74, 6) is 0.620. The Morgan fingerprint density at radius 1 is 1.20 bits per heavy atom. The molecule has 0 aromatic heterocycles. The Bertz CT molecular complexity index is 238. The van der Waals surface area contributed by atoms with E-state index in [9.17, 15) is 0 Å². The molecule has 0 amide bonds. The molecule has 3 heteroatoms. The van der Waals surface area contributed by atoms with Gasteiger partial charge in [-0.3, -0.25) is 0 Å². The molecule has 3 fully saturated rings. The summed E-state index contributed by atoms with van der Waals surface area (Å²) < 4.78 is 11.6. The zero-order valence-electron chi connectivity index (χ0n) is 9.58. The fourth-order valence-corrected chi connectivity index (χ4v) is 3.64. The van der Waals surface area contributed by atoms with Crippen molar-refractivity contribution in [1.29, 1.82) is 0 Å². The molecule has 2 aliphatic heterocycles. The Balaban J connectivity index is 1.72. The van der Waals surface area contributed by atoms with Gasteiger partial charge >= 0.3 is 0 Å². The normalized spacial score (nSPS) is 40.6. The van der Waals surface area contributed by atoms with Gasteiger partial charge in [0.05, 0.1) is 13.2 Å². The molecule has 0 bridgehead atoms. The molecule has 15 heavy (non-hydrogen) atoms. The quantitative estimate of drug-likeness (QED) is 0.608. The van der Waals surface area contributed by atoms with E-state index in [-0.39, 0.29) is 5.79 Å². The van der Waals surface area contributed by atoms with Crippen LogP contribution in [0, 0.1) is 5.92 Å². The van der Waals surface area contributed by atoms with Crippen LogP contribution in [0.25, 0.3) is 0 Å². The van der Waals surface area contributed by atoms with Crippen molar-refractivity contribution in [3.63, 3.8) is 0 Å². The lowest BCUT2D eigenvalue weighted by molar-refractivity contribution is -0.199. The summed E-state index contributed by atoms with van der Waals surface area (Å²) in [6, 6.07) is 0.789. The van der Waals surface area contributed by atoms with Gasteiger partial charge in [-0.05, 0) is 38.8 Å². The van der Waals surface area contributed by atoms with Crippen molar-refractivity contribution in [1.82, 2.24) is 4.90 Å². The van der Waals surface area contributed by atoms with E-state index in [1.807, 2.05) is 0 Å². The van der Waals surface area contributed by atoms with Gasteiger partial charge in [0.15, 0.2) is 5.79 Å². The lowest BCUT2D eigenvalue weighted by atomic mass is 9.75. The van der Waals surface area contributed by atoms with E-state index < -0.39 is 0 Å². The summed E-state index contributed by atoms with van der Waals surface area (Å²) in [7, 11) is 2.27. The minimum atomic E-state index is -0.181. The first-order valence-electron chi connectivity index (χ1n) is 6.27. The Hall–Kier alpha value is -0.120. The Labute approximate surface area is 91.7 Å². The Morgan fingerprint density at radius 3 is 2.80 bits per heavy atom. The maximum atomic E-state index is 5.82. The summed E-state index contributed by atoms with van der Waals surface area (Å²) in [6.07, 6.45) is 6.18. The third kappa shape index (κ3) is 1.71. The van der Waals surface area contributed by atoms with Crippen molar-refractivity contribution in [3.8, 4) is 0 Å². The van der Waals surface area contributed by atoms with Crippen LogP contribution in [0.3, 0.4) is 0 Å². The van der Waals surface area contributed by atoms with E-state index in [4.69, 9.17) is 9.47 Å². The lowest BCUT2D eigenvalue weighted by Crippen LogP contribution is -2.51. The minimum absolute atomic E-state index is 0.181. The van der Waals surface area contributed by atoms with Gasteiger partial charge in [-0.15, -0.1) is 0 Å². The van der Waals surface area contributed by atoms with Gasteiger partial charge in [0.2, 0.25) is 0 Å². The van der Waals surface area contributed by atoms with E-state index in [0.717, 1.165) is 38.0 Å². The van der Waals surface area contributed by atoms with Crippen LogP contribution in [-0.2, 0) is 9.47 Å². The molecule has 3 aliphatic rings. The fraction of sp³-hybridized carbons (Fsp3) is 1.00. The van der Waals surface area contributed by atoms with Gasteiger partial charge in [-0.1, -0.05) is 0 Å². The predicted molar refractivity (Wildman–Crippen MR) is 57.6 cm³/mol. The molecule has 86 valence electrons. The Kier molecular flexibility index (Phi) is 2.49. The molecule has 1 saturated carbocycles.